The summed E-state index contributed by atoms with van der Waals surface area (Å²) in [4.78, 5) is 11.7. The van der Waals surface area contributed by atoms with E-state index < -0.39 is 5.41 Å². The highest BCUT2D eigenvalue weighted by Crippen LogP contribution is 2.21. The van der Waals surface area contributed by atoms with Crippen molar-refractivity contribution in [2.75, 3.05) is 26.4 Å². The van der Waals surface area contributed by atoms with Crippen molar-refractivity contribution >= 4 is 5.97 Å². The predicted octanol–water partition coefficient (Wildman–Crippen LogP) is 1.97. The third kappa shape index (κ3) is 6.64. The second-order valence-corrected chi connectivity index (χ2v) is 5.03. The molecule has 17 heavy (non-hydrogen) atoms. The molecular weight excluding hydrogens is 218 g/mol. The van der Waals surface area contributed by atoms with Crippen LogP contribution in [0.4, 0.5) is 0 Å². The molecule has 0 bridgehead atoms. The van der Waals surface area contributed by atoms with Gasteiger partial charge >= 0.3 is 5.97 Å². The van der Waals surface area contributed by atoms with Gasteiger partial charge in [0.05, 0.1) is 12.0 Å². The Morgan fingerprint density at radius 1 is 1.35 bits per heavy atom. The third-order valence-electron chi connectivity index (χ3n) is 2.86. The first-order chi connectivity index (χ1) is 7.96. The van der Waals surface area contributed by atoms with Crippen LogP contribution in [-0.4, -0.2) is 32.3 Å². The second kappa shape index (κ2) is 8.48. The van der Waals surface area contributed by atoms with Crippen molar-refractivity contribution in [3.8, 4) is 0 Å². The van der Waals surface area contributed by atoms with Crippen molar-refractivity contribution in [1.82, 2.24) is 0 Å². The van der Waals surface area contributed by atoms with Crippen LogP contribution in [0.1, 0.15) is 40.5 Å². The number of carbonyl (C=O) groups is 1. The van der Waals surface area contributed by atoms with Crippen LogP contribution in [0.5, 0.6) is 0 Å². The van der Waals surface area contributed by atoms with Gasteiger partial charge in [0.25, 0.3) is 0 Å². The summed E-state index contributed by atoms with van der Waals surface area (Å²) in [6.07, 6.45) is 1.65. The maximum absolute atomic E-state index is 11.7. The van der Waals surface area contributed by atoms with Crippen LogP contribution in [0, 0.1) is 11.3 Å². The van der Waals surface area contributed by atoms with Gasteiger partial charge in [0.15, 0.2) is 0 Å². The molecular formula is C13H27NO3. The molecule has 0 fully saturated rings. The highest BCUT2D eigenvalue weighted by molar-refractivity contribution is 5.76. The van der Waals surface area contributed by atoms with Gasteiger partial charge in [-0.2, -0.15) is 0 Å². The van der Waals surface area contributed by atoms with Crippen LogP contribution in [0.15, 0.2) is 0 Å². The summed E-state index contributed by atoms with van der Waals surface area (Å²) in [5, 5.41) is 0. The Labute approximate surface area is 105 Å². The molecule has 102 valence electrons. The monoisotopic (exact) mass is 245 g/mol. The van der Waals surface area contributed by atoms with Crippen LogP contribution in [0.25, 0.3) is 0 Å². The Kier molecular flexibility index (Phi) is 8.17. The van der Waals surface area contributed by atoms with E-state index in [-0.39, 0.29) is 5.97 Å². The fourth-order valence-corrected chi connectivity index (χ4v) is 1.31. The number of nitrogens with two attached hydrogens (primary N) is 1. The lowest BCUT2D eigenvalue weighted by Gasteiger charge is -2.25. The molecule has 0 rings (SSSR count). The minimum Gasteiger partial charge on any atom is -0.466 e. The van der Waals surface area contributed by atoms with Crippen LogP contribution < -0.4 is 5.73 Å². The molecule has 0 aliphatic rings. The first-order valence-corrected chi connectivity index (χ1v) is 6.41. The number of hydrogen-bond acceptors (Lipinski definition) is 4. The Bertz CT molecular complexity index is 219. The van der Waals surface area contributed by atoms with Crippen molar-refractivity contribution in [3.05, 3.63) is 0 Å². The van der Waals surface area contributed by atoms with Crippen LogP contribution in [0.3, 0.4) is 0 Å². The van der Waals surface area contributed by atoms with Crippen LogP contribution >= 0.6 is 0 Å². The van der Waals surface area contributed by atoms with E-state index in [1.807, 2.05) is 6.92 Å². The summed E-state index contributed by atoms with van der Waals surface area (Å²) in [5.74, 6) is 0.413. The number of hydrogen-bond donors (Lipinski definition) is 1. The maximum Gasteiger partial charge on any atom is 0.313 e. The second-order valence-electron chi connectivity index (χ2n) is 5.03. The summed E-state index contributed by atoms with van der Waals surface area (Å²) in [7, 11) is 0. The zero-order valence-electron chi connectivity index (χ0n) is 11.6. The standard InChI is InChI=1S/C13H27NO3/c1-5-17-12(15)13(4,10-14)7-9-16-8-6-11(2)3/h11H,5-10,14H2,1-4H3. The summed E-state index contributed by atoms with van der Waals surface area (Å²) in [6.45, 7) is 9.92. The van der Waals surface area contributed by atoms with Gasteiger partial charge in [0, 0.05) is 19.8 Å². The molecule has 0 aromatic carbocycles. The Hall–Kier alpha value is -0.610. The average molecular weight is 245 g/mol. The molecule has 0 heterocycles. The van der Waals surface area contributed by atoms with E-state index in [1.165, 1.54) is 0 Å². The Balaban J connectivity index is 3.91. The van der Waals surface area contributed by atoms with E-state index in [1.54, 1.807) is 6.92 Å². The molecule has 0 amide bonds. The Morgan fingerprint density at radius 2 is 2.00 bits per heavy atom. The zero-order valence-corrected chi connectivity index (χ0v) is 11.6. The molecule has 0 saturated heterocycles. The van der Waals surface area contributed by atoms with Crippen molar-refractivity contribution < 1.29 is 14.3 Å². The molecule has 4 nitrogen and oxygen atoms in total. The van der Waals surface area contributed by atoms with Crippen molar-refractivity contribution in [1.29, 1.82) is 0 Å². The highest BCUT2D eigenvalue weighted by Gasteiger charge is 2.32. The third-order valence-corrected chi connectivity index (χ3v) is 2.86. The van der Waals surface area contributed by atoms with Crippen LogP contribution in [0.2, 0.25) is 0 Å². The van der Waals surface area contributed by atoms with Gasteiger partial charge in [-0.15, -0.1) is 0 Å². The van der Waals surface area contributed by atoms with E-state index in [2.05, 4.69) is 13.8 Å². The molecule has 0 radical (unpaired) electrons. The van der Waals surface area contributed by atoms with Crippen molar-refractivity contribution in [3.63, 3.8) is 0 Å². The molecule has 1 unspecified atom stereocenters. The summed E-state index contributed by atoms with van der Waals surface area (Å²) in [5.41, 5.74) is 5.03. The summed E-state index contributed by atoms with van der Waals surface area (Å²) < 4.78 is 10.5. The summed E-state index contributed by atoms with van der Waals surface area (Å²) >= 11 is 0. The molecule has 0 aliphatic heterocycles. The summed E-state index contributed by atoms with van der Waals surface area (Å²) in [6, 6.07) is 0. The average Bonchev–Trinajstić information content (AvgIpc) is 2.28. The number of rotatable bonds is 9. The lowest BCUT2D eigenvalue weighted by atomic mass is 9.87. The van der Waals surface area contributed by atoms with Gasteiger partial charge in [-0.25, -0.2) is 0 Å². The zero-order chi connectivity index (χ0) is 13.3. The maximum atomic E-state index is 11.7. The first kappa shape index (κ1) is 16.4. The number of esters is 1. The quantitative estimate of drug-likeness (QED) is 0.498. The predicted molar refractivity (Wildman–Crippen MR) is 68.7 cm³/mol. The molecule has 0 aromatic rings. The SMILES string of the molecule is CCOC(=O)C(C)(CN)CCOCCC(C)C. The van der Waals surface area contributed by atoms with Gasteiger partial charge in [-0.3, -0.25) is 4.79 Å². The molecule has 0 aromatic heterocycles. The van der Waals surface area contributed by atoms with Gasteiger partial charge in [-0.05, 0) is 32.6 Å². The number of carbonyl (C=O) groups excluding carboxylic acids is 1. The topological polar surface area (TPSA) is 61.5 Å². The van der Waals surface area contributed by atoms with E-state index in [0.717, 1.165) is 13.0 Å². The number of ether oxygens (including phenoxy) is 2. The van der Waals surface area contributed by atoms with E-state index in [9.17, 15) is 4.79 Å². The van der Waals surface area contributed by atoms with Gasteiger partial charge in [0.2, 0.25) is 0 Å². The molecule has 4 heteroatoms. The van der Waals surface area contributed by atoms with E-state index >= 15 is 0 Å². The van der Waals surface area contributed by atoms with Crippen LogP contribution in [-0.2, 0) is 14.3 Å². The molecule has 1 atom stereocenters. The lowest BCUT2D eigenvalue weighted by molar-refractivity contribution is -0.155. The highest BCUT2D eigenvalue weighted by atomic mass is 16.5. The molecule has 2 N–H and O–H groups in total. The first-order valence-electron chi connectivity index (χ1n) is 6.41. The smallest absolute Gasteiger partial charge is 0.313 e. The Morgan fingerprint density at radius 3 is 2.47 bits per heavy atom. The molecule has 0 spiro atoms. The van der Waals surface area contributed by atoms with Gasteiger partial charge < -0.3 is 15.2 Å². The largest absolute Gasteiger partial charge is 0.466 e. The minimum absolute atomic E-state index is 0.227. The fourth-order valence-electron chi connectivity index (χ4n) is 1.31. The lowest BCUT2D eigenvalue weighted by Crippen LogP contribution is -2.38. The molecule has 0 aliphatic carbocycles. The minimum atomic E-state index is -0.617. The fraction of sp³-hybridized carbons (Fsp3) is 0.923. The van der Waals surface area contributed by atoms with Gasteiger partial charge in [0.1, 0.15) is 0 Å². The van der Waals surface area contributed by atoms with E-state index in [0.29, 0.717) is 32.1 Å². The molecule has 0 saturated carbocycles. The van der Waals surface area contributed by atoms with E-state index in [4.69, 9.17) is 15.2 Å². The van der Waals surface area contributed by atoms with Gasteiger partial charge in [-0.1, -0.05) is 13.8 Å². The normalized spacial score (nSPS) is 14.7. The van der Waals surface area contributed by atoms with Crippen molar-refractivity contribution in [2.24, 2.45) is 17.1 Å². The van der Waals surface area contributed by atoms with Crippen molar-refractivity contribution in [2.45, 2.75) is 40.5 Å².